The van der Waals surface area contributed by atoms with Crippen molar-refractivity contribution in [3.63, 3.8) is 0 Å². The lowest BCUT2D eigenvalue weighted by atomic mass is 9.70. The summed E-state index contributed by atoms with van der Waals surface area (Å²) in [6.45, 7) is 0. The number of nitrogens with zero attached hydrogens (tertiary/aromatic N) is 2. The molecule has 2 aliphatic rings. The van der Waals surface area contributed by atoms with Crippen LogP contribution in [0.1, 0.15) is 22.3 Å². The Morgan fingerprint density at radius 3 is 1.41 bits per heavy atom. The number of rotatable bonds is 5. The minimum absolute atomic E-state index is 0.411. The summed E-state index contributed by atoms with van der Waals surface area (Å²) in [6.07, 6.45) is 0. The Kier molecular flexibility index (Phi) is 8.02. The van der Waals surface area contributed by atoms with E-state index in [0.29, 0.717) is 0 Å². The van der Waals surface area contributed by atoms with Crippen LogP contribution in [0.5, 0.6) is 0 Å². The van der Waals surface area contributed by atoms with Crippen LogP contribution in [0.25, 0.3) is 93.2 Å². The van der Waals surface area contributed by atoms with Gasteiger partial charge < -0.3 is 9.47 Å². The summed E-state index contributed by atoms with van der Waals surface area (Å²) < 4.78 is 2.41. The fourth-order valence-electron chi connectivity index (χ4n) is 12.5. The molecule has 15 rings (SSSR count). The van der Waals surface area contributed by atoms with Crippen LogP contribution in [0.2, 0.25) is 0 Å². The Morgan fingerprint density at radius 1 is 0.261 bits per heavy atom. The van der Waals surface area contributed by atoms with Crippen LogP contribution in [0.4, 0.5) is 17.1 Å². The van der Waals surface area contributed by atoms with Crippen LogP contribution in [0.3, 0.4) is 0 Å². The predicted molar refractivity (Wildman–Crippen MR) is 290 cm³/mol. The van der Waals surface area contributed by atoms with Crippen molar-refractivity contribution in [2.24, 2.45) is 0 Å². The van der Waals surface area contributed by atoms with Crippen LogP contribution in [-0.2, 0) is 5.41 Å². The van der Waals surface area contributed by atoms with Gasteiger partial charge in [-0.15, -0.1) is 0 Å². The standard InChI is InChI=1S/C67H42N2/c1-2-18-45(19-3-1)69-65-32-15-11-28-57(65)58-36-33-44(40-66(58)69)43-17-16-20-46(39-43)68(47-34-37-53-51-23-5-4-21-49(51)50-22-6-7-24-52(50)59(53)41-47)48-35-38-64-60(42-48)56-27-10-14-31-63(56)67(64)61-29-12-8-25-54(61)55-26-9-13-30-62(55)67/h1-42H. The largest absolute Gasteiger partial charge is 0.310 e. The Labute approximate surface area is 400 Å². The molecule has 0 radical (unpaired) electrons. The van der Waals surface area contributed by atoms with E-state index in [1.807, 2.05) is 0 Å². The Bertz CT molecular complexity index is 4190. The van der Waals surface area contributed by atoms with Gasteiger partial charge in [0, 0.05) is 33.5 Å². The molecule has 0 amide bonds. The second kappa shape index (κ2) is 14.5. The van der Waals surface area contributed by atoms with Gasteiger partial charge >= 0.3 is 0 Å². The lowest BCUT2D eigenvalue weighted by Crippen LogP contribution is -2.25. The highest BCUT2D eigenvalue weighted by Crippen LogP contribution is 2.63. The average molecular weight is 875 g/mol. The van der Waals surface area contributed by atoms with Crippen LogP contribution in [0.15, 0.2) is 255 Å². The van der Waals surface area contributed by atoms with E-state index in [1.165, 1.54) is 104 Å². The summed E-state index contributed by atoms with van der Waals surface area (Å²) in [6, 6.07) is 94.9. The van der Waals surface area contributed by atoms with E-state index < -0.39 is 5.41 Å². The topological polar surface area (TPSA) is 8.17 Å². The number of anilines is 3. The first-order valence-corrected chi connectivity index (χ1v) is 24.0. The highest BCUT2D eigenvalue weighted by molar-refractivity contribution is 6.26. The number of hydrogen-bond donors (Lipinski definition) is 0. The molecule has 12 aromatic carbocycles. The summed E-state index contributed by atoms with van der Waals surface area (Å²) >= 11 is 0. The fraction of sp³-hybridized carbons (Fsp3) is 0.0149. The van der Waals surface area contributed by atoms with Crippen molar-refractivity contribution in [1.82, 2.24) is 4.57 Å². The smallest absolute Gasteiger partial charge is 0.0725 e. The normalized spacial score (nSPS) is 13.0. The number of fused-ring (bicyclic) bond motifs is 19. The maximum Gasteiger partial charge on any atom is 0.0725 e. The molecule has 0 atom stereocenters. The first kappa shape index (κ1) is 38.2. The first-order valence-electron chi connectivity index (χ1n) is 24.0. The zero-order valence-electron chi connectivity index (χ0n) is 37.6. The molecular weight excluding hydrogens is 833 g/mol. The van der Waals surface area contributed by atoms with Crippen LogP contribution >= 0.6 is 0 Å². The third kappa shape index (κ3) is 5.31. The van der Waals surface area contributed by atoms with E-state index in [-0.39, 0.29) is 0 Å². The second-order valence-corrected chi connectivity index (χ2v) is 18.7. The molecule has 69 heavy (non-hydrogen) atoms. The molecule has 0 fully saturated rings. The Morgan fingerprint density at radius 2 is 0.725 bits per heavy atom. The van der Waals surface area contributed by atoms with Gasteiger partial charge in [0.1, 0.15) is 0 Å². The van der Waals surface area contributed by atoms with Crippen molar-refractivity contribution in [3.05, 3.63) is 277 Å². The summed E-state index contributed by atoms with van der Waals surface area (Å²) in [5.74, 6) is 0. The lowest BCUT2D eigenvalue weighted by molar-refractivity contribution is 0.794. The van der Waals surface area contributed by atoms with E-state index in [1.54, 1.807) is 0 Å². The quantitative estimate of drug-likeness (QED) is 0.156. The number of benzene rings is 12. The zero-order valence-corrected chi connectivity index (χ0v) is 37.6. The molecule has 0 unspecified atom stereocenters. The summed E-state index contributed by atoms with van der Waals surface area (Å²) in [4.78, 5) is 2.48. The minimum atomic E-state index is -0.411. The van der Waals surface area contributed by atoms with Gasteiger partial charge in [-0.3, -0.25) is 0 Å². The van der Waals surface area contributed by atoms with Crippen molar-refractivity contribution < 1.29 is 0 Å². The number of aromatic nitrogens is 1. The summed E-state index contributed by atoms with van der Waals surface area (Å²) in [5, 5.41) is 10.1. The van der Waals surface area contributed by atoms with Crippen LogP contribution in [0, 0.1) is 0 Å². The molecule has 0 saturated heterocycles. The molecule has 320 valence electrons. The minimum Gasteiger partial charge on any atom is -0.310 e. The second-order valence-electron chi connectivity index (χ2n) is 18.7. The molecular formula is C67H42N2. The van der Waals surface area contributed by atoms with Crippen molar-refractivity contribution in [2.45, 2.75) is 5.41 Å². The molecule has 0 N–H and O–H groups in total. The molecule has 2 aliphatic carbocycles. The Hall–Kier alpha value is -8.98. The SMILES string of the molecule is c1ccc(-n2c3ccccc3c3ccc(-c4cccc(N(c5ccc6c(c5)-c5ccccc5C65c6ccccc6-c6ccccc65)c5ccc6c7ccccc7c7ccccc7c6c5)c4)cc32)cc1. The average Bonchev–Trinajstić information content (AvgIpc) is 4.03. The molecule has 2 heteroatoms. The van der Waals surface area contributed by atoms with Crippen molar-refractivity contribution >= 4 is 71.2 Å². The van der Waals surface area contributed by atoms with Crippen LogP contribution < -0.4 is 4.90 Å². The van der Waals surface area contributed by atoms with Gasteiger partial charge in [-0.05, 0) is 149 Å². The van der Waals surface area contributed by atoms with Gasteiger partial charge in [-0.25, -0.2) is 0 Å². The molecule has 0 saturated carbocycles. The number of para-hydroxylation sites is 2. The third-order valence-electron chi connectivity index (χ3n) is 15.4. The van der Waals surface area contributed by atoms with E-state index >= 15 is 0 Å². The molecule has 1 spiro atoms. The molecule has 1 heterocycles. The van der Waals surface area contributed by atoms with Crippen LogP contribution in [-0.4, -0.2) is 4.57 Å². The fourth-order valence-corrected chi connectivity index (χ4v) is 12.5. The predicted octanol–water partition coefficient (Wildman–Crippen LogP) is 17.7. The van der Waals surface area contributed by atoms with Gasteiger partial charge in [0.15, 0.2) is 0 Å². The first-order chi connectivity index (χ1) is 34.2. The van der Waals surface area contributed by atoms with Crippen molar-refractivity contribution in [1.29, 1.82) is 0 Å². The van der Waals surface area contributed by atoms with E-state index in [9.17, 15) is 0 Å². The zero-order chi connectivity index (χ0) is 45.2. The Balaban J connectivity index is 0.966. The molecule has 2 nitrogen and oxygen atoms in total. The highest BCUT2D eigenvalue weighted by atomic mass is 15.1. The summed E-state index contributed by atoms with van der Waals surface area (Å²) in [7, 11) is 0. The lowest BCUT2D eigenvalue weighted by Gasteiger charge is -2.31. The van der Waals surface area contributed by atoms with Gasteiger partial charge in [0.25, 0.3) is 0 Å². The summed E-state index contributed by atoms with van der Waals surface area (Å²) in [5.41, 5.74) is 19.4. The maximum absolute atomic E-state index is 2.48. The monoisotopic (exact) mass is 874 g/mol. The molecule has 1 aromatic heterocycles. The highest BCUT2D eigenvalue weighted by Gasteiger charge is 2.51. The third-order valence-corrected chi connectivity index (χ3v) is 15.4. The van der Waals surface area contributed by atoms with E-state index in [0.717, 1.165) is 28.3 Å². The molecule has 0 aliphatic heterocycles. The van der Waals surface area contributed by atoms with Crippen molar-refractivity contribution in [3.8, 4) is 39.1 Å². The van der Waals surface area contributed by atoms with Gasteiger partial charge in [-0.2, -0.15) is 0 Å². The van der Waals surface area contributed by atoms with Crippen molar-refractivity contribution in [2.75, 3.05) is 4.90 Å². The maximum atomic E-state index is 2.48. The van der Waals surface area contributed by atoms with E-state index in [4.69, 9.17) is 0 Å². The van der Waals surface area contributed by atoms with Gasteiger partial charge in [-0.1, -0.05) is 194 Å². The number of hydrogen-bond acceptors (Lipinski definition) is 1. The van der Waals surface area contributed by atoms with Gasteiger partial charge in [0.2, 0.25) is 0 Å². The molecule has 0 bridgehead atoms. The van der Waals surface area contributed by atoms with Gasteiger partial charge in [0.05, 0.1) is 16.4 Å². The van der Waals surface area contributed by atoms with E-state index in [2.05, 4.69) is 264 Å². The molecule has 13 aromatic rings.